The standard InChI is InChI=1S/C20H23F2N7O2S/c1-32(30,31)26-9-13-11-28(7-6-20(13)4-5-20)18-8-15(24-12-25-18)16-10-23-17-3-2-14(19(21)22)27-29(16)17/h2-3,8,10,12-13,19,26H,4-7,9,11H2,1H3. The highest BCUT2D eigenvalue weighted by molar-refractivity contribution is 7.88. The first kappa shape index (κ1) is 21.1. The Bertz CT molecular complexity index is 1260. The van der Waals surface area contributed by atoms with Crippen LogP contribution in [0, 0.1) is 11.3 Å². The number of halogens is 2. The number of sulfonamides is 1. The van der Waals surface area contributed by atoms with Gasteiger partial charge in [0.1, 0.15) is 23.5 Å². The molecule has 12 heteroatoms. The van der Waals surface area contributed by atoms with E-state index in [9.17, 15) is 17.2 Å². The smallest absolute Gasteiger partial charge is 0.282 e. The number of nitrogens with one attached hydrogen (secondary N) is 1. The second-order valence-electron chi connectivity index (χ2n) is 8.61. The van der Waals surface area contributed by atoms with Crippen LogP contribution in [-0.2, 0) is 10.0 Å². The third-order valence-corrected chi connectivity index (χ3v) is 7.21. The lowest BCUT2D eigenvalue weighted by molar-refractivity contribution is 0.144. The number of hydrogen-bond donors (Lipinski definition) is 1. The van der Waals surface area contributed by atoms with Crippen LogP contribution in [0.4, 0.5) is 14.6 Å². The molecule has 4 heterocycles. The summed E-state index contributed by atoms with van der Waals surface area (Å²) in [5.41, 5.74) is 1.35. The minimum atomic E-state index is -3.26. The van der Waals surface area contributed by atoms with E-state index < -0.39 is 16.4 Å². The summed E-state index contributed by atoms with van der Waals surface area (Å²) in [4.78, 5) is 15.1. The van der Waals surface area contributed by atoms with Gasteiger partial charge in [0.05, 0.1) is 18.1 Å². The predicted octanol–water partition coefficient (Wildman–Crippen LogP) is 2.28. The van der Waals surface area contributed by atoms with Gasteiger partial charge in [-0.05, 0) is 42.7 Å². The van der Waals surface area contributed by atoms with E-state index in [2.05, 4.69) is 29.7 Å². The van der Waals surface area contributed by atoms with E-state index in [1.807, 2.05) is 0 Å². The molecule has 1 N–H and O–H groups in total. The van der Waals surface area contributed by atoms with Crippen molar-refractivity contribution >= 4 is 21.5 Å². The first-order valence-electron chi connectivity index (χ1n) is 10.4. The molecule has 0 radical (unpaired) electrons. The van der Waals surface area contributed by atoms with Crippen LogP contribution in [0.1, 0.15) is 31.4 Å². The monoisotopic (exact) mass is 463 g/mol. The maximum absolute atomic E-state index is 13.1. The van der Waals surface area contributed by atoms with Crippen LogP contribution in [0.15, 0.2) is 30.7 Å². The first-order valence-corrected chi connectivity index (χ1v) is 12.3. The highest BCUT2D eigenvalue weighted by Gasteiger charge is 2.51. The summed E-state index contributed by atoms with van der Waals surface area (Å²) in [5.74, 6) is 0.894. The fraction of sp³-hybridized carbons (Fsp3) is 0.500. The largest absolute Gasteiger partial charge is 0.356 e. The molecule has 0 amide bonds. The van der Waals surface area contributed by atoms with Gasteiger partial charge >= 0.3 is 0 Å². The number of piperidine rings is 1. The number of hydrogen-bond acceptors (Lipinski definition) is 7. The van der Waals surface area contributed by atoms with Gasteiger partial charge in [-0.2, -0.15) is 5.10 Å². The Morgan fingerprint density at radius 1 is 1.22 bits per heavy atom. The Kier molecular flexibility index (Phi) is 5.08. The zero-order valence-corrected chi connectivity index (χ0v) is 18.3. The van der Waals surface area contributed by atoms with E-state index in [1.54, 1.807) is 12.3 Å². The zero-order valence-electron chi connectivity index (χ0n) is 17.4. The van der Waals surface area contributed by atoms with E-state index in [0.29, 0.717) is 35.9 Å². The molecule has 1 unspecified atom stereocenters. The third kappa shape index (κ3) is 4.04. The van der Waals surface area contributed by atoms with E-state index in [4.69, 9.17) is 0 Å². The molecule has 1 saturated carbocycles. The predicted molar refractivity (Wildman–Crippen MR) is 114 cm³/mol. The minimum Gasteiger partial charge on any atom is -0.356 e. The van der Waals surface area contributed by atoms with Gasteiger partial charge in [0.2, 0.25) is 10.0 Å². The maximum atomic E-state index is 13.1. The van der Waals surface area contributed by atoms with Gasteiger partial charge in [0, 0.05) is 25.7 Å². The minimum absolute atomic E-state index is 0.190. The molecule has 2 aliphatic rings. The zero-order chi connectivity index (χ0) is 22.5. The quantitative estimate of drug-likeness (QED) is 0.598. The van der Waals surface area contributed by atoms with Gasteiger partial charge in [-0.3, -0.25) is 0 Å². The molecule has 1 aliphatic heterocycles. The second-order valence-corrected chi connectivity index (χ2v) is 10.4. The van der Waals surface area contributed by atoms with Gasteiger partial charge in [0.15, 0.2) is 5.65 Å². The van der Waals surface area contributed by atoms with Crippen LogP contribution in [-0.4, -0.2) is 58.9 Å². The van der Waals surface area contributed by atoms with Crippen molar-refractivity contribution in [2.75, 3.05) is 30.8 Å². The highest BCUT2D eigenvalue weighted by atomic mass is 32.2. The molecule has 0 aromatic carbocycles. The molecule has 3 aromatic heterocycles. The van der Waals surface area contributed by atoms with Gasteiger partial charge in [-0.25, -0.2) is 41.4 Å². The van der Waals surface area contributed by atoms with Gasteiger partial charge in [-0.15, -0.1) is 0 Å². The van der Waals surface area contributed by atoms with Crippen molar-refractivity contribution in [3.63, 3.8) is 0 Å². The highest BCUT2D eigenvalue weighted by Crippen LogP contribution is 2.57. The summed E-state index contributed by atoms with van der Waals surface area (Å²) in [7, 11) is -3.26. The fourth-order valence-electron chi connectivity index (χ4n) is 4.51. The summed E-state index contributed by atoms with van der Waals surface area (Å²) >= 11 is 0. The Hall–Kier alpha value is -2.73. The molecule has 1 aliphatic carbocycles. The van der Waals surface area contributed by atoms with E-state index in [-0.39, 0.29) is 17.0 Å². The normalized spacial score (nSPS) is 20.4. The molecule has 2 fully saturated rings. The lowest BCUT2D eigenvalue weighted by atomic mass is 9.82. The first-order chi connectivity index (χ1) is 15.2. The van der Waals surface area contributed by atoms with Crippen molar-refractivity contribution in [1.29, 1.82) is 0 Å². The number of imidazole rings is 1. The molecule has 170 valence electrons. The molecule has 1 saturated heterocycles. The molecule has 0 bridgehead atoms. The lowest BCUT2D eigenvalue weighted by Crippen LogP contribution is -2.46. The SMILES string of the molecule is CS(=O)(=O)NCC1CN(c2cc(-c3cnc4ccc(C(F)F)nn34)ncn2)CCC12CC2. The molecular weight excluding hydrogens is 440 g/mol. The second kappa shape index (κ2) is 7.69. The molecule has 3 aromatic rings. The van der Waals surface area contributed by atoms with Crippen molar-refractivity contribution in [3.05, 3.63) is 36.4 Å². The van der Waals surface area contributed by atoms with Crippen molar-refractivity contribution in [2.45, 2.75) is 25.7 Å². The van der Waals surface area contributed by atoms with Crippen LogP contribution in [0.25, 0.3) is 17.0 Å². The molecule has 9 nitrogen and oxygen atoms in total. The van der Waals surface area contributed by atoms with Crippen molar-refractivity contribution in [3.8, 4) is 11.4 Å². The number of anilines is 1. The summed E-state index contributed by atoms with van der Waals surface area (Å²) in [6, 6.07) is 4.56. The van der Waals surface area contributed by atoms with Crippen LogP contribution >= 0.6 is 0 Å². The van der Waals surface area contributed by atoms with E-state index in [1.165, 1.54) is 29.2 Å². The number of nitrogens with zero attached hydrogens (tertiary/aromatic N) is 6. The molecule has 32 heavy (non-hydrogen) atoms. The third-order valence-electron chi connectivity index (χ3n) is 6.52. The van der Waals surface area contributed by atoms with Gasteiger partial charge in [-0.1, -0.05) is 0 Å². The Labute approximate surface area is 183 Å². The Morgan fingerprint density at radius 3 is 2.75 bits per heavy atom. The molecule has 5 rings (SSSR count). The summed E-state index contributed by atoms with van der Waals surface area (Å²) in [5, 5.41) is 4.00. The average molecular weight is 464 g/mol. The van der Waals surface area contributed by atoms with Crippen LogP contribution < -0.4 is 9.62 Å². The molecule has 1 spiro atoms. The number of alkyl halides is 2. The maximum Gasteiger partial charge on any atom is 0.282 e. The summed E-state index contributed by atoms with van der Waals surface area (Å²) in [6.45, 7) is 1.90. The lowest BCUT2D eigenvalue weighted by Gasteiger charge is -2.39. The summed E-state index contributed by atoms with van der Waals surface area (Å²) in [6.07, 6.45) is 4.68. The van der Waals surface area contributed by atoms with E-state index in [0.717, 1.165) is 25.8 Å². The van der Waals surface area contributed by atoms with Crippen molar-refractivity contribution < 1.29 is 17.2 Å². The van der Waals surface area contributed by atoms with Crippen LogP contribution in [0.5, 0.6) is 0 Å². The van der Waals surface area contributed by atoms with Crippen LogP contribution in [0.3, 0.4) is 0 Å². The number of aromatic nitrogens is 5. The van der Waals surface area contributed by atoms with Crippen molar-refractivity contribution in [2.24, 2.45) is 11.3 Å². The number of rotatable bonds is 6. The topological polar surface area (TPSA) is 105 Å². The Balaban J connectivity index is 1.42. The fourth-order valence-corrected chi connectivity index (χ4v) is 5.02. The molecular formula is C20H23F2N7O2S. The van der Waals surface area contributed by atoms with E-state index >= 15 is 0 Å². The number of fused-ring (bicyclic) bond motifs is 1. The van der Waals surface area contributed by atoms with Crippen LogP contribution in [0.2, 0.25) is 0 Å². The van der Waals surface area contributed by atoms with Gasteiger partial charge in [0.25, 0.3) is 6.43 Å². The Morgan fingerprint density at radius 2 is 2.03 bits per heavy atom. The molecule has 1 atom stereocenters. The summed E-state index contributed by atoms with van der Waals surface area (Å²) < 4.78 is 53.4. The van der Waals surface area contributed by atoms with Gasteiger partial charge < -0.3 is 4.90 Å². The van der Waals surface area contributed by atoms with Crippen molar-refractivity contribution in [1.82, 2.24) is 29.3 Å². The average Bonchev–Trinajstić information content (AvgIpc) is 3.40.